The SMILES string of the molecule is CCc1ccc(/C=N\n2c(C3CCCO3)n[nH]c2=S)cc1. The lowest BCUT2D eigenvalue weighted by atomic mass is 10.1. The molecule has 5 nitrogen and oxygen atoms in total. The maximum atomic E-state index is 5.65. The first-order chi connectivity index (χ1) is 10.3. The first-order valence-corrected chi connectivity index (χ1v) is 7.61. The minimum Gasteiger partial charge on any atom is -0.370 e. The van der Waals surface area contributed by atoms with Gasteiger partial charge in [-0.1, -0.05) is 31.2 Å². The van der Waals surface area contributed by atoms with Crippen LogP contribution in [0.25, 0.3) is 0 Å². The minimum atomic E-state index is -0.0161. The summed E-state index contributed by atoms with van der Waals surface area (Å²) in [5.41, 5.74) is 2.35. The highest BCUT2D eigenvalue weighted by atomic mass is 32.1. The van der Waals surface area contributed by atoms with E-state index in [0.717, 1.165) is 37.3 Å². The monoisotopic (exact) mass is 302 g/mol. The molecular formula is C15H18N4OS. The predicted molar refractivity (Wildman–Crippen MR) is 84.2 cm³/mol. The van der Waals surface area contributed by atoms with Crippen LogP contribution in [0, 0.1) is 4.77 Å². The standard InChI is InChI=1S/C15H18N4OS/c1-2-11-5-7-12(8-6-11)10-16-19-14(17-18-15(19)21)13-4-3-9-20-13/h5-8,10,13H,2-4,9H2,1H3,(H,18,21)/b16-10-. The van der Waals surface area contributed by atoms with E-state index in [1.165, 1.54) is 5.56 Å². The van der Waals surface area contributed by atoms with Crippen molar-refractivity contribution in [3.05, 3.63) is 46.0 Å². The average molecular weight is 302 g/mol. The van der Waals surface area contributed by atoms with E-state index in [-0.39, 0.29) is 6.10 Å². The Morgan fingerprint density at radius 3 is 2.95 bits per heavy atom. The van der Waals surface area contributed by atoms with Gasteiger partial charge in [-0.15, -0.1) is 0 Å². The van der Waals surface area contributed by atoms with Crippen molar-refractivity contribution in [2.45, 2.75) is 32.3 Å². The van der Waals surface area contributed by atoms with Crippen molar-refractivity contribution in [1.29, 1.82) is 0 Å². The fourth-order valence-corrected chi connectivity index (χ4v) is 2.56. The first kappa shape index (κ1) is 14.2. The van der Waals surface area contributed by atoms with Crippen LogP contribution in [0.5, 0.6) is 0 Å². The molecular weight excluding hydrogens is 284 g/mol. The van der Waals surface area contributed by atoms with E-state index in [1.807, 2.05) is 0 Å². The Bertz CT molecular complexity index is 680. The number of nitrogens with zero attached hydrogens (tertiary/aromatic N) is 3. The zero-order valence-corrected chi connectivity index (χ0v) is 12.8. The van der Waals surface area contributed by atoms with Gasteiger partial charge in [0.1, 0.15) is 6.10 Å². The van der Waals surface area contributed by atoms with Crippen LogP contribution in [0.3, 0.4) is 0 Å². The number of benzene rings is 1. The van der Waals surface area contributed by atoms with Crippen molar-refractivity contribution in [3.63, 3.8) is 0 Å². The predicted octanol–water partition coefficient (Wildman–Crippen LogP) is 3.24. The molecule has 21 heavy (non-hydrogen) atoms. The van der Waals surface area contributed by atoms with Gasteiger partial charge in [0, 0.05) is 6.61 Å². The van der Waals surface area contributed by atoms with Crippen molar-refractivity contribution in [2.75, 3.05) is 6.61 Å². The number of nitrogens with one attached hydrogen (secondary N) is 1. The van der Waals surface area contributed by atoms with E-state index >= 15 is 0 Å². The van der Waals surface area contributed by atoms with Crippen LogP contribution in [0.2, 0.25) is 0 Å². The van der Waals surface area contributed by atoms with Crippen LogP contribution in [0.4, 0.5) is 0 Å². The number of aromatic nitrogens is 3. The molecule has 2 heterocycles. The normalized spacial score (nSPS) is 18.6. The second-order valence-electron chi connectivity index (χ2n) is 5.04. The van der Waals surface area contributed by atoms with E-state index in [1.54, 1.807) is 10.9 Å². The van der Waals surface area contributed by atoms with Crippen LogP contribution in [0.1, 0.15) is 42.8 Å². The zero-order chi connectivity index (χ0) is 14.7. The molecule has 0 radical (unpaired) electrons. The number of hydrogen-bond acceptors (Lipinski definition) is 4. The van der Waals surface area contributed by atoms with Gasteiger partial charge in [0.15, 0.2) is 5.82 Å². The van der Waals surface area contributed by atoms with Crippen molar-refractivity contribution in [1.82, 2.24) is 14.9 Å². The van der Waals surface area contributed by atoms with E-state index in [4.69, 9.17) is 17.0 Å². The molecule has 0 bridgehead atoms. The molecule has 3 rings (SSSR count). The van der Waals surface area contributed by atoms with Gasteiger partial charge in [0.25, 0.3) is 0 Å². The Balaban J connectivity index is 1.84. The molecule has 1 aliphatic rings. The number of aromatic amines is 1. The summed E-state index contributed by atoms with van der Waals surface area (Å²) in [6, 6.07) is 8.32. The van der Waals surface area contributed by atoms with Gasteiger partial charge in [-0.3, -0.25) is 5.10 Å². The van der Waals surface area contributed by atoms with Crippen molar-refractivity contribution in [2.24, 2.45) is 5.10 Å². The van der Waals surface area contributed by atoms with Gasteiger partial charge >= 0.3 is 0 Å². The highest BCUT2D eigenvalue weighted by Crippen LogP contribution is 2.26. The maximum absolute atomic E-state index is 5.65. The van der Waals surface area contributed by atoms with Crippen LogP contribution in [0.15, 0.2) is 29.4 Å². The topological polar surface area (TPSA) is 55.2 Å². The van der Waals surface area contributed by atoms with Gasteiger partial charge in [0.2, 0.25) is 4.77 Å². The largest absolute Gasteiger partial charge is 0.370 e. The smallest absolute Gasteiger partial charge is 0.216 e. The van der Waals surface area contributed by atoms with E-state index in [9.17, 15) is 0 Å². The third-order valence-corrected chi connectivity index (χ3v) is 3.87. The maximum Gasteiger partial charge on any atom is 0.216 e. The summed E-state index contributed by atoms with van der Waals surface area (Å²) in [6.07, 6.45) is 4.82. The van der Waals surface area contributed by atoms with Crippen molar-refractivity contribution >= 4 is 18.4 Å². The number of aryl methyl sites for hydroxylation is 1. The summed E-state index contributed by atoms with van der Waals surface area (Å²) in [5.74, 6) is 0.749. The highest BCUT2D eigenvalue weighted by Gasteiger charge is 2.23. The molecule has 0 amide bonds. The van der Waals surface area contributed by atoms with Crippen molar-refractivity contribution < 1.29 is 4.74 Å². The molecule has 1 atom stereocenters. The molecule has 1 fully saturated rings. The van der Waals surface area contributed by atoms with Crippen LogP contribution < -0.4 is 0 Å². The van der Waals surface area contributed by atoms with Crippen LogP contribution >= 0.6 is 12.2 Å². The third kappa shape index (κ3) is 3.11. The van der Waals surface area contributed by atoms with Gasteiger partial charge in [-0.05, 0) is 42.6 Å². The van der Waals surface area contributed by atoms with E-state index < -0.39 is 0 Å². The quantitative estimate of drug-likeness (QED) is 0.697. The van der Waals surface area contributed by atoms with Crippen LogP contribution in [-0.4, -0.2) is 27.7 Å². The fourth-order valence-electron chi connectivity index (χ4n) is 2.37. The van der Waals surface area contributed by atoms with E-state index in [2.05, 4.69) is 46.5 Å². The summed E-state index contributed by atoms with van der Waals surface area (Å²) in [6.45, 7) is 2.91. The fraction of sp³-hybridized carbons (Fsp3) is 0.400. The van der Waals surface area contributed by atoms with Crippen molar-refractivity contribution in [3.8, 4) is 0 Å². The number of ether oxygens (including phenoxy) is 1. The lowest BCUT2D eigenvalue weighted by Crippen LogP contribution is -2.05. The summed E-state index contributed by atoms with van der Waals surface area (Å²) >= 11 is 5.24. The third-order valence-electron chi connectivity index (χ3n) is 3.60. The van der Waals surface area contributed by atoms with Gasteiger partial charge in [-0.25, -0.2) is 0 Å². The molecule has 1 aromatic heterocycles. The van der Waals surface area contributed by atoms with Gasteiger partial charge in [0.05, 0.1) is 6.21 Å². The molecule has 110 valence electrons. The van der Waals surface area contributed by atoms with Crippen LogP contribution in [-0.2, 0) is 11.2 Å². The number of H-pyrrole nitrogens is 1. The summed E-state index contributed by atoms with van der Waals surface area (Å²) in [7, 11) is 0. The Labute approximate surface area is 128 Å². The number of rotatable bonds is 4. The van der Waals surface area contributed by atoms with E-state index in [0.29, 0.717) is 4.77 Å². The minimum absolute atomic E-state index is 0.0161. The van der Waals surface area contributed by atoms with Gasteiger partial charge < -0.3 is 4.74 Å². The molecule has 6 heteroatoms. The second-order valence-corrected chi connectivity index (χ2v) is 5.43. The first-order valence-electron chi connectivity index (χ1n) is 7.20. The number of hydrogen-bond donors (Lipinski definition) is 1. The molecule has 0 saturated carbocycles. The average Bonchev–Trinajstić information content (AvgIpc) is 3.15. The lowest BCUT2D eigenvalue weighted by molar-refractivity contribution is 0.102. The Morgan fingerprint density at radius 2 is 2.29 bits per heavy atom. The molecule has 1 aliphatic heterocycles. The highest BCUT2D eigenvalue weighted by molar-refractivity contribution is 7.71. The molecule has 0 aliphatic carbocycles. The Hall–Kier alpha value is -1.79. The van der Waals surface area contributed by atoms with Gasteiger partial charge in [-0.2, -0.15) is 14.9 Å². The molecule has 1 unspecified atom stereocenters. The summed E-state index contributed by atoms with van der Waals surface area (Å²) in [5, 5.41) is 11.5. The lowest BCUT2D eigenvalue weighted by Gasteiger charge is -2.07. The summed E-state index contributed by atoms with van der Waals surface area (Å²) in [4.78, 5) is 0. The molecule has 1 saturated heterocycles. The molecule has 2 aromatic rings. The zero-order valence-electron chi connectivity index (χ0n) is 12.0. The molecule has 0 spiro atoms. The second kappa shape index (κ2) is 6.32. The Morgan fingerprint density at radius 1 is 1.48 bits per heavy atom. The molecule has 1 aromatic carbocycles. The molecule has 1 N–H and O–H groups in total. The Kier molecular flexibility index (Phi) is 4.26. The summed E-state index contributed by atoms with van der Waals surface area (Å²) < 4.78 is 7.79.